The molecule has 1 N–H and O–H groups in total. The van der Waals surface area contributed by atoms with E-state index in [2.05, 4.69) is 5.32 Å². The number of rotatable bonds is 6. The topological polar surface area (TPSA) is 38.3 Å². The maximum atomic E-state index is 13.0. The first kappa shape index (κ1) is 15.6. The van der Waals surface area contributed by atoms with E-state index >= 15 is 0 Å². The Labute approximate surface area is 112 Å². The van der Waals surface area contributed by atoms with Gasteiger partial charge < -0.3 is 10.1 Å². The molecule has 1 aromatic rings. The Morgan fingerprint density at radius 2 is 2.00 bits per heavy atom. The number of benzene rings is 1. The van der Waals surface area contributed by atoms with Gasteiger partial charge in [-0.2, -0.15) is 0 Å². The van der Waals surface area contributed by atoms with E-state index in [1.54, 1.807) is 0 Å². The molecule has 0 saturated heterocycles. The summed E-state index contributed by atoms with van der Waals surface area (Å²) in [5.41, 5.74) is 0.580. The number of hydrogen-bond donors (Lipinski definition) is 1. The highest BCUT2D eigenvalue weighted by Crippen LogP contribution is 2.11. The molecular weight excluding hydrogens is 252 g/mol. The van der Waals surface area contributed by atoms with Crippen LogP contribution in [0.1, 0.15) is 25.8 Å². The van der Waals surface area contributed by atoms with E-state index in [9.17, 15) is 13.6 Å². The van der Waals surface area contributed by atoms with Gasteiger partial charge in [-0.25, -0.2) is 8.78 Å². The van der Waals surface area contributed by atoms with Crippen molar-refractivity contribution in [3.05, 3.63) is 35.4 Å². The van der Waals surface area contributed by atoms with Crippen molar-refractivity contribution in [3.63, 3.8) is 0 Å². The number of carbonyl (C=O) groups is 1. The molecule has 0 radical (unpaired) electrons. The summed E-state index contributed by atoms with van der Waals surface area (Å²) >= 11 is 0. The van der Waals surface area contributed by atoms with E-state index in [0.29, 0.717) is 17.9 Å². The lowest BCUT2D eigenvalue weighted by Gasteiger charge is -2.18. The average Bonchev–Trinajstić information content (AvgIpc) is 2.37. The third-order valence-electron chi connectivity index (χ3n) is 2.73. The first-order valence-electron chi connectivity index (χ1n) is 6.19. The van der Waals surface area contributed by atoms with Crippen LogP contribution in [-0.2, 0) is 16.1 Å². The van der Waals surface area contributed by atoms with Gasteiger partial charge in [-0.1, -0.05) is 19.9 Å². The fourth-order valence-corrected chi connectivity index (χ4v) is 1.77. The number of carbonyl (C=O) groups excluding carboxylic acids is 1. The van der Waals surface area contributed by atoms with E-state index in [1.807, 2.05) is 13.8 Å². The summed E-state index contributed by atoms with van der Waals surface area (Å²) in [6.45, 7) is 4.27. The quantitative estimate of drug-likeness (QED) is 0.808. The van der Waals surface area contributed by atoms with Gasteiger partial charge in [0, 0.05) is 6.54 Å². The van der Waals surface area contributed by atoms with Gasteiger partial charge in [-0.05, 0) is 30.0 Å². The largest absolute Gasteiger partial charge is 0.468 e. The predicted octanol–water partition coefficient (Wildman–Crippen LogP) is 2.64. The fraction of sp³-hybridized carbons (Fsp3) is 0.500. The summed E-state index contributed by atoms with van der Waals surface area (Å²) in [6.07, 6.45) is 0.621. The average molecular weight is 271 g/mol. The monoisotopic (exact) mass is 271 g/mol. The van der Waals surface area contributed by atoms with E-state index in [-0.39, 0.29) is 12.5 Å². The van der Waals surface area contributed by atoms with Gasteiger partial charge in [0.1, 0.15) is 6.04 Å². The highest BCUT2D eigenvalue weighted by molar-refractivity contribution is 5.75. The highest BCUT2D eigenvalue weighted by Gasteiger charge is 2.19. The van der Waals surface area contributed by atoms with Gasteiger partial charge in [0.15, 0.2) is 11.6 Å². The van der Waals surface area contributed by atoms with Crippen molar-refractivity contribution < 1.29 is 18.3 Å². The van der Waals surface area contributed by atoms with E-state index in [0.717, 1.165) is 12.1 Å². The summed E-state index contributed by atoms with van der Waals surface area (Å²) in [4.78, 5) is 11.6. The van der Waals surface area contributed by atoms with Crippen molar-refractivity contribution in [2.75, 3.05) is 7.11 Å². The third kappa shape index (κ3) is 4.95. The van der Waals surface area contributed by atoms with Crippen molar-refractivity contribution in [3.8, 4) is 0 Å². The standard InChI is InChI=1S/C14H19F2NO2/c1-9(2)6-13(14(18)19-3)17-8-10-4-5-11(15)12(16)7-10/h4-5,7,9,13,17H,6,8H2,1-3H3. The zero-order chi connectivity index (χ0) is 14.4. The molecule has 3 nitrogen and oxygen atoms in total. The van der Waals surface area contributed by atoms with Gasteiger partial charge in [0.2, 0.25) is 0 Å². The number of hydrogen-bond acceptors (Lipinski definition) is 3. The molecule has 0 bridgehead atoms. The number of esters is 1. The van der Waals surface area contributed by atoms with Crippen molar-refractivity contribution in [2.45, 2.75) is 32.9 Å². The van der Waals surface area contributed by atoms with Crippen LogP contribution in [0.5, 0.6) is 0 Å². The van der Waals surface area contributed by atoms with Crippen LogP contribution in [0.2, 0.25) is 0 Å². The molecule has 0 fully saturated rings. The summed E-state index contributed by atoms with van der Waals surface area (Å²) in [5, 5.41) is 3.00. The summed E-state index contributed by atoms with van der Waals surface area (Å²) in [7, 11) is 1.33. The molecule has 0 saturated carbocycles. The van der Waals surface area contributed by atoms with E-state index < -0.39 is 17.7 Å². The zero-order valence-corrected chi connectivity index (χ0v) is 11.4. The minimum Gasteiger partial charge on any atom is -0.468 e. The Morgan fingerprint density at radius 3 is 2.53 bits per heavy atom. The first-order valence-corrected chi connectivity index (χ1v) is 6.19. The lowest BCUT2D eigenvalue weighted by Crippen LogP contribution is -2.38. The van der Waals surface area contributed by atoms with E-state index in [1.165, 1.54) is 13.2 Å². The SMILES string of the molecule is COC(=O)C(CC(C)C)NCc1ccc(F)c(F)c1. The Hall–Kier alpha value is -1.49. The molecule has 19 heavy (non-hydrogen) atoms. The van der Waals surface area contributed by atoms with Gasteiger partial charge in [-0.15, -0.1) is 0 Å². The number of methoxy groups -OCH3 is 1. The molecule has 0 spiro atoms. The molecule has 0 aromatic heterocycles. The minimum absolute atomic E-state index is 0.281. The number of halogens is 2. The van der Waals surface area contributed by atoms with Crippen molar-refractivity contribution >= 4 is 5.97 Å². The maximum Gasteiger partial charge on any atom is 0.322 e. The van der Waals surface area contributed by atoms with Crippen LogP contribution < -0.4 is 5.32 Å². The van der Waals surface area contributed by atoms with Crippen LogP contribution >= 0.6 is 0 Å². The van der Waals surface area contributed by atoms with Crippen molar-refractivity contribution in [1.29, 1.82) is 0 Å². The second-order valence-electron chi connectivity index (χ2n) is 4.83. The van der Waals surface area contributed by atoms with Gasteiger partial charge >= 0.3 is 5.97 Å². The van der Waals surface area contributed by atoms with Crippen molar-refractivity contribution in [2.24, 2.45) is 5.92 Å². The van der Waals surface area contributed by atoms with Gasteiger partial charge in [0.05, 0.1) is 7.11 Å². The molecule has 0 aliphatic carbocycles. The Kier molecular flexibility index (Phi) is 5.89. The summed E-state index contributed by atoms with van der Waals surface area (Å²) < 4.78 is 30.5. The molecule has 1 atom stereocenters. The Balaban J connectivity index is 2.64. The minimum atomic E-state index is -0.891. The molecule has 106 valence electrons. The molecule has 1 rings (SSSR count). The van der Waals surface area contributed by atoms with Crippen LogP contribution in [-0.4, -0.2) is 19.1 Å². The van der Waals surface area contributed by atoms with Crippen LogP contribution in [0, 0.1) is 17.6 Å². The molecule has 0 aliphatic heterocycles. The molecule has 0 heterocycles. The van der Waals surface area contributed by atoms with Crippen LogP contribution in [0.3, 0.4) is 0 Å². The smallest absolute Gasteiger partial charge is 0.322 e. The highest BCUT2D eigenvalue weighted by atomic mass is 19.2. The summed E-state index contributed by atoms with van der Waals surface area (Å²) in [6, 6.07) is 3.22. The third-order valence-corrected chi connectivity index (χ3v) is 2.73. The van der Waals surface area contributed by atoms with Crippen LogP contribution in [0.25, 0.3) is 0 Å². The van der Waals surface area contributed by atoms with Gasteiger partial charge in [0.25, 0.3) is 0 Å². The number of ether oxygens (including phenoxy) is 1. The Morgan fingerprint density at radius 1 is 1.32 bits per heavy atom. The molecule has 0 aliphatic rings. The molecule has 0 amide bonds. The summed E-state index contributed by atoms with van der Waals surface area (Å²) in [5.74, 6) is -1.80. The van der Waals surface area contributed by atoms with Crippen molar-refractivity contribution in [1.82, 2.24) is 5.32 Å². The second kappa shape index (κ2) is 7.19. The van der Waals surface area contributed by atoms with Crippen LogP contribution in [0.4, 0.5) is 8.78 Å². The number of nitrogens with one attached hydrogen (secondary N) is 1. The first-order chi connectivity index (χ1) is 8.93. The normalized spacial score (nSPS) is 12.5. The molecule has 1 unspecified atom stereocenters. The molecular formula is C14H19F2NO2. The predicted molar refractivity (Wildman–Crippen MR) is 68.5 cm³/mol. The van der Waals surface area contributed by atoms with E-state index in [4.69, 9.17) is 4.74 Å². The maximum absolute atomic E-state index is 13.0. The second-order valence-corrected chi connectivity index (χ2v) is 4.83. The van der Waals surface area contributed by atoms with Crippen LogP contribution in [0.15, 0.2) is 18.2 Å². The zero-order valence-electron chi connectivity index (χ0n) is 11.4. The lowest BCUT2D eigenvalue weighted by atomic mass is 10.0. The molecule has 5 heteroatoms. The lowest BCUT2D eigenvalue weighted by molar-refractivity contribution is -0.143. The van der Waals surface area contributed by atoms with Gasteiger partial charge in [-0.3, -0.25) is 4.79 Å². The Bertz CT molecular complexity index is 435. The molecule has 1 aromatic carbocycles. The fourth-order valence-electron chi connectivity index (χ4n) is 1.77.